The van der Waals surface area contributed by atoms with Crippen molar-refractivity contribution in [2.75, 3.05) is 20.3 Å². The van der Waals surface area contributed by atoms with Gasteiger partial charge in [0.15, 0.2) is 0 Å². The number of hydrogen-bond donors (Lipinski definition) is 1. The van der Waals surface area contributed by atoms with Crippen molar-refractivity contribution in [1.29, 1.82) is 0 Å². The summed E-state index contributed by atoms with van der Waals surface area (Å²) in [5.74, 6) is -0.131. The molecule has 2 N–H and O–H groups in total. The number of carbonyl (C=O) groups is 1. The van der Waals surface area contributed by atoms with E-state index in [2.05, 4.69) is 4.74 Å². The molecular weight excluding hydrogens is 582 g/mol. The second-order valence-corrected chi connectivity index (χ2v) is 9.97. The molecule has 3 atom stereocenters. The van der Waals surface area contributed by atoms with E-state index in [1.807, 2.05) is 0 Å². The highest BCUT2D eigenvalue weighted by atomic mass is 35.5. The monoisotopic (exact) mass is 610 g/mol. The molecule has 1 aliphatic heterocycles. The van der Waals surface area contributed by atoms with Crippen molar-refractivity contribution in [2.45, 2.75) is 38.1 Å². The summed E-state index contributed by atoms with van der Waals surface area (Å²) in [6, 6.07) is 14.8. The zero-order chi connectivity index (χ0) is 30.3. The molecule has 1 aliphatic rings. The minimum absolute atomic E-state index is 0.0189. The first kappa shape index (κ1) is 32.2. The van der Waals surface area contributed by atoms with E-state index < -0.39 is 29.9 Å². The third kappa shape index (κ3) is 8.13. The van der Waals surface area contributed by atoms with Crippen molar-refractivity contribution < 1.29 is 32.5 Å². The highest BCUT2D eigenvalue weighted by molar-refractivity contribution is 6.30. The summed E-state index contributed by atoms with van der Waals surface area (Å²) in [6.07, 6.45) is -5.91. The largest absolute Gasteiger partial charge is 0.673 e. The Kier molecular flexibility index (Phi) is 11.0. The fraction of sp³-hybridized carbons (Fsp3) is 0.310. The summed E-state index contributed by atoms with van der Waals surface area (Å²) < 4.78 is 50.1. The molecule has 7 nitrogen and oxygen atoms in total. The molecule has 0 fully saturated rings. The Morgan fingerprint density at radius 3 is 2.05 bits per heavy atom. The fourth-order valence-electron chi connectivity index (χ4n) is 4.26. The SMILES string of the molecule is CCOc1cc(C(F)(F)F)ccc1C1=NC(c2ccc(Cl)cc2)C(c2ccc(Cl)cc2)N1C(=O)O.COCC(C)[NH-]. The van der Waals surface area contributed by atoms with E-state index in [1.54, 1.807) is 69.5 Å². The van der Waals surface area contributed by atoms with Crippen molar-refractivity contribution in [1.82, 2.24) is 4.90 Å². The van der Waals surface area contributed by atoms with Crippen molar-refractivity contribution in [2.24, 2.45) is 4.99 Å². The van der Waals surface area contributed by atoms with Crippen LogP contribution in [0.25, 0.3) is 5.73 Å². The number of aliphatic imine (C=N–C) groups is 1. The standard InChI is InChI=1S/C25H19Cl2F3N2O3.C4H10NO/c1-2-35-20-13-16(25(28,29)30)7-12-19(20)23-31-21(14-3-8-17(26)9-4-14)22(32(23)24(33)34)15-5-10-18(27)11-6-15;1-4(5)3-6-2/h3-13,21-22H,2H2,1H3,(H,33,34);4-5H,3H2,1-2H3/q;-1. The van der Waals surface area contributed by atoms with Crippen molar-refractivity contribution >= 4 is 35.1 Å². The van der Waals surface area contributed by atoms with Gasteiger partial charge >= 0.3 is 12.3 Å². The predicted molar refractivity (Wildman–Crippen MR) is 153 cm³/mol. The smallest absolute Gasteiger partial charge is 0.416 e. The molecule has 0 bridgehead atoms. The quantitative estimate of drug-likeness (QED) is 0.289. The Labute approximate surface area is 246 Å². The van der Waals surface area contributed by atoms with Gasteiger partial charge in [-0.15, -0.1) is 6.04 Å². The molecular formula is C29H29Cl2F3N3O4-. The molecule has 41 heavy (non-hydrogen) atoms. The fourth-order valence-corrected chi connectivity index (χ4v) is 4.51. The van der Waals surface area contributed by atoms with Crippen LogP contribution in [0.15, 0.2) is 71.7 Å². The molecule has 0 aromatic heterocycles. The minimum atomic E-state index is -4.59. The van der Waals surface area contributed by atoms with Crippen LogP contribution in [0.1, 0.15) is 48.2 Å². The van der Waals surface area contributed by atoms with Crippen LogP contribution in [0, 0.1) is 0 Å². The van der Waals surface area contributed by atoms with E-state index in [-0.39, 0.29) is 29.8 Å². The Bertz CT molecular complexity index is 1350. The minimum Gasteiger partial charge on any atom is -0.673 e. The Morgan fingerprint density at radius 1 is 1.05 bits per heavy atom. The van der Waals surface area contributed by atoms with Gasteiger partial charge in [0.1, 0.15) is 17.6 Å². The van der Waals surface area contributed by atoms with E-state index in [0.29, 0.717) is 27.8 Å². The lowest BCUT2D eigenvalue weighted by Crippen LogP contribution is -2.37. The molecule has 3 aromatic carbocycles. The molecule has 1 amide bonds. The summed E-state index contributed by atoms with van der Waals surface area (Å²) in [6.45, 7) is 4.04. The maximum atomic E-state index is 13.3. The van der Waals surface area contributed by atoms with Gasteiger partial charge in [0.25, 0.3) is 0 Å². The van der Waals surface area contributed by atoms with Gasteiger partial charge in [-0.25, -0.2) is 4.79 Å². The highest BCUT2D eigenvalue weighted by Gasteiger charge is 2.43. The molecule has 12 heteroatoms. The van der Waals surface area contributed by atoms with E-state index in [0.717, 1.165) is 17.0 Å². The molecule has 3 unspecified atom stereocenters. The second kappa shape index (κ2) is 14.0. The van der Waals surface area contributed by atoms with E-state index in [1.165, 1.54) is 6.07 Å². The summed E-state index contributed by atoms with van der Waals surface area (Å²) in [7, 11) is 1.60. The third-order valence-electron chi connectivity index (χ3n) is 5.96. The summed E-state index contributed by atoms with van der Waals surface area (Å²) in [4.78, 5) is 18.3. The number of nitrogens with one attached hydrogen (secondary N) is 1. The van der Waals surface area contributed by atoms with Crippen LogP contribution in [0.3, 0.4) is 0 Å². The molecule has 0 saturated carbocycles. The summed E-state index contributed by atoms with van der Waals surface area (Å²) in [5, 5.41) is 11.2. The number of methoxy groups -OCH3 is 1. The number of carboxylic acid groups (broad SMARTS) is 1. The summed E-state index contributed by atoms with van der Waals surface area (Å²) >= 11 is 12.1. The Balaban J connectivity index is 0.000000696. The van der Waals surface area contributed by atoms with Gasteiger partial charge < -0.3 is 20.3 Å². The van der Waals surface area contributed by atoms with Crippen molar-refractivity contribution in [3.8, 4) is 5.75 Å². The van der Waals surface area contributed by atoms with Crippen LogP contribution >= 0.6 is 23.2 Å². The van der Waals surface area contributed by atoms with Gasteiger partial charge in [-0.2, -0.15) is 13.2 Å². The molecule has 1 heterocycles. The number of hydrogen-bond acceptors (Lipinski definition) is 4. The number of ether oxygens (including phenoxy) is 2. The first-order chi connectivity index (χ1) is 19.4. The van der Waals surface area contributed by atoms with E-state index >= 15 is 0 Å². The lowest BCUT2D eigenvalue weighted by Gasteiger charge is -2.27. The van der Waals surface area contributed by atoms with Crippen LogP contribution < -0.4 is 4.74 Å². The van der Waals surface area contributed by atoms with Gasteiger partial charge in [0.05, 0.1) is 23.8 Å². The topological polar surface area (TPSA) is 95.2 Å². The van der Waals surface area contributed by atoms with Crippen molar-refractivity contribution in [3.05, 3.63) is 105 Å². The molecule has 0 aliphatic carbocycles. The third-order valence-corrected chi connectivity index (χ3v) is 6.47. The second-order valence-electron chi connectivity index (χ2n) is 9.10. The molecule has 3 aromatic rings. The maximum absolute atomic E-state index is 13.3. The van der Waals surface area contributed by atoms with Crippen LogP contribution in [-0.4, -0.2) is 48.3 Å². The number of halogens is 5. The van der Waals surface area contributed by atoms with Gasteiger partial charge in [-0.3, -0.25) is 9.89 Å². The number of alkyl halides is 3. The summed E-state index contributed by atoms with van der Waals surface area (Å²) in [5.41, 5.74) is 7.37. The highest BCUT2D eigenvalue weighted by Crippen LogP contribution is 2.45. The van der Waals surface area contributed by atoms with Crippen molar-refractivity contribution in [3.63, 3.8) is 0 Å². The molecule has 4 rings (SSSR count). The van der Waals surface area contributed by atoms with Gasteiger partial charge in [-0.05, 0) is 60.5 Å². The average Bonchev–Trinajstić information content (AvgIpc) is 3.30. The van der Waals surface area contributed by atoms with Crippen LogP contribution in [0.4, 0.5) is 18.0 Å². The van der Waals surface area contributed by atoms with Crippen LogP contribution in [-0.2, 0) is 10.9 Å². The van der Waals surface area contributed by atoms with Gasteiger partial charge in [0, 0.05) is 23.8 Å². The Morgan fingerprint density at radius 2 is 1.61 bits per heavy atom. The molecule has 0 radical (unpaired) electrons. The van der Waals surface area contributed by atoms with Crippen LogP contribution in [0.2, 0.25) is 10.0 Å². The number of benzene rings is 3. The van der Waals surface area contributed by atoms with E-state index in [9.17, 15) is 23.1 Å². The zero-order valence-corrected chi connectivity index (χ0v) is 24.0. The van der Waals surface area contributed by atoms with Crippen LogP contribution in [0.5, 0.6) is 5.75 Å². The number of nitrogens with zero attached hydrogens (tertiary/aromatic N) is 2. The van der Waals surface area contributed by atoms with E-state index in [4.69, 9.17) is 38.7 Å². The van der Waals surface area contributed by atoms with Gasteiger partial charge in [-0.1, -0.05) is 54.4 Å². The first-order valence-corrected chi connectivity index (χ1v) is 13.3. The maximum Gasteiger partial charge on any atom is 0.416 e. The lowest BCUT2D eigenvalue weighted by molar-refractivity contribution is -0.137. The molecule has 0 saturated heterocycles. The predicted octanol–water partition coefficient (Wildman–Crippen LogP) is 8.71. The lowest BCUT2D eigenvalue weighted by atomic mass is 9.94. The normalized spacial score (nSPS) is 17.4. The number of rotatable bonds is 7. The molecule has 0 spiro atoms. The average molecular weight is 611 g/mol. The molecule has 220 valence electrons. The number of amides is 1. The Hall–Kier alpha value is -3.31. The number of amidine groups is 1. The first-order valence-electron chi connectivity index (χ1n) is 12.5. The van der Waals surface area contributed by atoms with Gasteiger partial charge in [0.2, 0.25) is 0 Å². The zero-order valence-electron chi connectivity index (χ0n) is 22.5.